The second-order valence-electron chi connectivity index (χ2n) is 5.14. The third kappa shape index (κ3) is 1.97. The largest absolute Gasteiger partial charge is 0.384 e. The Hall–Kier alpha value is -0.610. The maximum Gasteiger partial charge on any atom is 0.132 e. The van der Waals surface area contributed by atoms with Crippen LogP contribution in [0.2, 0.25) is 0 Å². The average Bonchev–Trinajstić information content (AvgIpc) is 2.22. The van der Waals surface area contributed by atoms with Crippen LogP contribution in [0.1, 0.15) is 25.8 Å². The summed E-state index contributed by atoms with van der Waals surface area (Å²) in [4.78, 5) is 0. The van der Waals surface area contributed by atoms with E-state index in [1.54, 1.807) is 0 Å². The van der Waals surface area contributed by atoms with Crippen LogP contribution in [-0.4, -0.2) is 16.6 Å². The summed E-state index contributed by atoms with van der Waals surface area (Å²) in [5.74, 6) is -0.0883. The van der Waals surface area contributed by atoms with E-state index in [1.165, 1.54) is 30.0 Å². The molecule has 1 aliphatic rings. The molecule has 1 heterocycles. The number of hydrogen-bond donors (Lipinski definition) is 1. The number of hydrogen-bond acceptors (Lipinski definition) is 2. The minimum Gasteiger partial charge on any atom is -0.384 e. The predicted molar refractivity (Wildman–Crippen MR) is 66.0 cm³/mol. The highest BCUT2D eigenvalue weighted by Crippen LogP contribution is 2.49. The summed E-state index contributed by atoms with van der Waals surface area (Å²) in [6.07, 6.45) is 0.738. The summed E-state index contributed by atoms with van der Waals surface area (Å²) in [6, 6.07) is 3.72. The van der Waals surface area contributed by atoms with Crippen molar-refractivity contribution in [1.29, 1.82) is 0 Å². The molecule has 1 fully saturated rings. The summed E-state index contributed by atoms with van der Waals surface area (Å²) in [6.45, 7) is 3.72. The highest BCUT2D eigenvalue weighted by molar-refractivity contribution is 7.99. The van der Waals surface area contributed by atoms with E-state index in [0.717, 1.165) is 12.2 Å². The molecular weight excluding hydrogens is 242 g/mol. The monoisotopic (exact) mass is 258 g/mol. The van der Waals surface area contributed by atoms with Crippen LogP contribution < -0.4 is 0 Å². The lowest BCUT2D eigenvalue weighted by atomic mass is 9.69. The van der Waals surface area contributed by atoms with E-state index in [-0.39, 0.29) is 5.56 Å². The standard InChI is InChI=1S/C13H16F2OS/c1-12(2)6-7-17-8-13(12,16)11-9(14)4-3-5-10(11)15/h3-5,16H,6-8H2,1-2H3. The van der Waals surface area contributed by atoms with E-state index in [0.29, 0.717) is 5.75 Å². The molecule has 0 radical (unpaired) electrons. The van der Waals surface area contributed by atoms with E-state index in [9.17, 15) is 13.9 Å². The molecule has 0 spiro atoms. The molecule has 2 rings (SSSR count). The van der Waals surface area contributed by atoms with Crippen LogP contribution in [0.5, 0.6) is 0 Å². The van der Waals surface area contributed by atoms with Crippen molar-refractivity contribution in [1.82, 2.24) is 0 Å². The molecule has 1 aromatic carbocycles. The highest BCUT2D eigenvalue weighted by Gasteiger charge is 2.49. The molecule has 17 heavy (non-hydrogen) atoms. The van der Waals surface area contributed by atoms with Gasteiger partial charge in [-0.2, -0.15) is 11.8 Å². The summed E-state index contributed by atoms with van der Waals surface area (Å²) < 4.78 is 27.6. The van der Waals surface area contributed by atoms with Crippen LogP contribution in [0.25, 0.3) is 0 Å². The van der Waals surface area contributed by atoms with Crippen molar-refractivity contribution in [2.45, 2.75) is 25.9 Å². The van der Waals surface area contributed by atoms with Crippen molar-refractivity contribution in [3.8, 4) is 0 Å². The molecule has 1 unspecified atom stereocenters. The smallest absolute Gasteiger partial charge is 0.132 e. The predicted octanol–water partition coefficient (Wildman–Crippen LogP) is 3.32. The Morgan fingerprint density at radius 2 is 1.82 bits per heavy atom. The van der Waals surface area contributed by atoms with Gasteiger partial charge in [0.05, 0.1) is 5.56 Å². The molecule has 4 heteroatoms. The van der Waals surface area contributed by atoms with Crippen molar-refractivity contribution in [2.24, 2.45) is 5.41 Å². The minimum absolute atomic E-state index is 0.183. The topological polar surface area (TPSA) is 20.2 Å². The fourth-order valence-electron chi connectivity index (χ4n) is 2.25. The van der Waals surface area contributed by atoms with E-state index >= 15 is 0 Å². The van der Waals surface area contributed by atoms with Crippen molar-refractivity contribution >= 4 is 11.8 Å². The molecular formula is C13H16F2OS. The van der Waals surface area contributed by atoms with Gasteiger partial charge in [-0.05, 0) is 29.7 Å². The van der Waals surface area contributed by atoms with E-state index in [2.05, 4.69) is 0 Å². The Balaban J connectivity index is 2.57. The SMILES string of the molecule is CC1(C)CCSCC1(O)c1c(F)cccc1F. The molecule has 1 N–H and O–H groups in total. The number of benzene rings is 1. The lowest BCUT2D eigenvalue weighted by Gasteiger charge is -2.46. The second kappa shape index (κ2) is 4.25. The molecule has 94 valence electrons. The first kappa shape index (κ1) is 12.8. The third-order valence-corrected chi connectivity index (χ3v) is 4.79. The maximum absolute atomic E-state index is 13.8. The Morgan fingerprint density at radius 3 is 2.35 bits per heavy atom. The fourth-order valence-corrected chi connectivity index (χ4v) is 3.88. The zero-order valence-electron chi connectivity index (χ0n) is 9.96. The van der Waals surface area contributed by atoms with Gasteiger partial charge in [0.2, 0.25) is 0 Å². The first-order chi connectivity index (χ1) is 7.88. The van der Waals surface area contributed by atoms with Crippen molar-refractivity contribution in [3.63, 3.8) is 0 Å². The number of halogens is 2. The number of aliphatic hydroxyl groups is 1. The van der Waals surface area contributed by atoms with Crippen LogP contribution in [0.15, 0.2) is 18.2 Å². The molecule has 1 aromatic rings. The fraction of sp³-hybridized carbons (Fsp3) is 0.538. The summed E-state index contributed by atoms with van der Waals surface area (Å²) >= 11 is 1.53. The van der Waals surface area contributed by atoms with Crippen LogP contribution in [0.4, 0.5) is 8.78 Å². The molecule has 1 aliphatic heterocycles. The van der Waals surface area contributed by atoms with Gasteiger partial charge in [0.25, 0.3) is 0 Å². The molecule has 1 atom stereocenters. The van der Waals surface area contributed by atoms with E-state index in [1.807, 2.05) is 13.8 Å². The summed E-state index contributed by atoms with van der Waals surface area (Å²) in [7, 11) is 0. The van der Waals surface area contributed by atoms with E-state index in [4.69, 9.17) is 0 Å². The zero-order valence-corrected chi connectivity index (χ0v) is 10.8. The van der Waals surface area contributed by atoms with Crippen molar-refractivity contribution in [3.05, 3.63) is 35.4 Å². The lowest BCUT2D eigenvalue weighted by molar-refractivity contribution is -0.0630. The number of thioether (sulfide) groups is 1. The van der Waals surface area contributed by atoms with E-state index < -0.39 is 22.7 Å². The zero-order chi connectivity index (χ0) is 12.7. The Morgan fingerprint density at radius 1 is 1.24 bits per heavy atom. The first-order valence-corrected chi connectivity index (χ1v) is 6.78. The van der Waals surface area contributed by atoms with Gasteiger partial charge in [0.1, 0.15) is 17.2 Å². The van der Waals surface area contributed by atoms with Gasteiger partial charge < -0.3 is 5.11 Å². The summed E-state index contributed by atoms with van der Waals surface area (Å²) in [5.41, 5.74) is -2.15. The van der Waals surface area contributed by atoms with Gasteiger partial charge >= 0.3 is 0 Å². The highest BCUT2D eigenvalue weighted by atomic mass is 32.2. The van der Waals surface area contributed by atoms with Gasteiger partial charge in [0, 0.05) is 5.75 Å². The maximum atomic E-state index is 13.8. The van der Waals surface area contributed by atoms with Gasteiger partial charge in [-0.15, -0.1) is 0 Å². The van der Waals surface area contributed by atoms with Crippen LogP contribution in [0.3, 0.4) is 0 Å². The molecule has 0 aromatic heterocycles. The van der Waals surface area contributed by atoms with Gasteiger partial charge in [0.15, 0.2) is 0 Å². The molecule has 0 aliphatic carbocycles. The van der Waals surface area contributed by atoms with Crippen LogP contribution >= 0.6 is 11.8 Å². The van der Waals surface area contributed by atoms with Crippen LogP contribution in [0, 0.1) is 17.0 Å². The average molecular weight is 258 g/mol. The third-order valence-electron chi connectivity index (χ3n) is 3.68. The van der Waals surface area contributed by atoms with Crippen molar-refractivity contribution in [2.75, 3.05) is 11.5 Å². The van der Waals surface area contributed by atoms with Gasteiger partial charge in [-0.3, -0.25) is 0 Å². The quantitative estimate of drug-likeness (QED) is 0.834. The first-order valence-electron chi connectivity index (χ1n) is 5.63. The normalized spacial score (nSPS) is 28.1. The Kier molecular flexibility index (Phi) is 3.21. The molecule has 0 bridgehead atoms. The molecule has 0 amide bonds. The molecule has 0 saturated carbocycles. The van der Waals surface area contributed by atoms with Crippen molar-refractivity contribution < 1.29 is 13.9 Å². The summed E-state index contributed by atoms with van der Waals surface area (Å²) in [5, 5.41) is 10.7. The van der Waals surface area contributed by atoms with Crippen LogP contribution in [-0.2, 0) is 5.60 Å². The number of rotatable bonds is 1. The Bertz CT molecular complexity index is 413. The molecule has 1 saturated heterocycles. The van der Waals surface area contributed by atoms with Gasteiger partial charge in [-0.1, -0.05) is 19.9 Å². The Labute approximate surface area is 104 Å². The lowest BCUT2D eigenvalue weighted by Crippen LogP contribution is -2.48. The molecule has 1 nitrogen and oxygen atoms in total. The van der Waals surface area contributed by atoms with Gasteiger partial charge in [-0.25, -0.2) is 8.78 Å². The second-order valence-corrected chi connectivity index (χ2v) is 6.25. The minimum atomic E-state index is -1.44.